The van der Waals surface area contributed by atoms with E-state index in [4.69, 9.17) is 5.26 Å². The maximum absolute atomic E-state index is 8.79. The van der Waals surface area contributed by atoms with Gasteiger partial charge in [-0.1, -0.05) is 12.8 Å². The van der Waals surface area contributed by atoms with Crippen LogP contribution >= 0.6 is 11.3 Å². The maximum atomic E-state index is 8.79. The van der Waals surface area contributed by atoms with Crippen LogP contribution in [0.1, 0.15) is 42.2 Å². The highest BCUT2D eigenvalue weighted by atomic mass is 32.1. The molecule has 0 spiro atoms. The Kier molecular flexibility index (Phi) is 2.09. The summed E-state index contributed by atoms with van der Waals surface area (Å²) in [7, 11) is 0. The Balaban J connectivity index is 2.27. The molecule has 0 saturated heterocycles. The first-order valence-electron chi connectivity index (χ1n) is 4.25. The molecule has 1 heterocycles. The zero-order valence-electron chi connectivity index (χ0n) is 6.79. The van der Waals surface area contributed by atoms with Crippen LogP contribution < -0.4 is 0 Å². The van der Waals surface area contributed by atoms with Gasteiger partial charge in [-0.3, -0.25) is 0 Å². The van der Waals surface area contributed by atoms with Crippen LogP contribution in [0.15, 0.2) is 5.51 Å². The van der Waals surface area contributed by atoms with Gasteiger partial charge < -0.3 is 0 Å². The van der Waals surface area contributed by atoms with Crippen molar-refractivity contribution < 1.29 is 0 Å². The third-order valence-electron chi connectivity index (χ3n) is 2.44. The first-order chi connectivity index (χ1) is 5.92. The van der Waals surface area contributed by atoms with Gasteiger partial charge in [-0.15, -0.1) is 11.3 Å². The number of nitriles is 1. The SMILES string of the molecule is N#Cc1scnc1C1CCCC1. The predicted molar refractivity (Wildman–Crippen MR) is 48.0 cm³/mol. The Morgan fingerprint density at radius 1 is 1.50 bits per heavy atom. The lowest BCUT2D eigenvalue weighted by Gasteiger charge is -2.03. The summed E-state index contributed by atoms with van der Waals surface area (Å²) in [6, 6.07) is 2.21. The van der Waals surface area contributed by atoms with Crippen LogP contribution in [0.4, 0.5) is 0 Å². The number of hydrogen-bond donors (Lipinski definition) is 0. The molecule has 12 heavy (non-hydrogen) atoms. The average Bonchev–Trinajstić information content (AvgIpc) is 2.74. The molecule has 0 amide bonds. The molecule has 1 aliphatic rings. The third kappa shape index (κ3) is 1.23. The van der Waals surface area contributed by atoms with Crippen LogP contribution in [0.5, 0.6) is 0 Å². The van der Waals surface area contributed by atoms with Crippen LogP contribution in [0.3, 0.4) is 0 Å². The van der Waals surface area contributed by atoms with Gasteiger partial charge in [0.2, 0.25) is 0 Å². The van der Waals surface area contributed by atoms with Crippen molar-refractivity contribution in [3.8, 4) is 6.07 Å². The first kappa shape index (κ1) is 7.75. The van der Waals surface area contributed by atoms with Crippen molar-refractivity contribution in [1.82, 2.24) is 4.98 Å². The maximum Gasteiger partial charge on any atom is 0.128 e. The topological polar surface area (TPSA) is 36.7 Å². The van der Waals surface area contributed by atoms with Gasteiger partial charge in [0.1, 0.15) is 10.9 Å². The minimum Gasteiger partial charge on any atom is -0.248 e. The smallest absolute Gasteiger partial charge is 0.128 e. The molecule has 3 heteroatoms. The highest BCUT2D eigenvalue weighted by molar-refractivity contribution is 7.10. The van der Waals surface area contributed by atoms with E-state index in [9.17, 15) is 0 Å². The molecule has 1 aliphatic carbocycles. The molecule has 2 rings (SSSR count). The summed E-state index contributed by atoms with van der Waals surface area (Å²) in [5.74, 6) is 0.575. The highest BCUT2D eigenvalue weighted by Crippen LogP contribution is 2.35. The quantitative estimate of drug-likeness (QED) is 0.663. The van der Waals surface area contributed by atoms with E-state index in [0.717, 1.165) is 10.6 Å². The minimum absolute atomic E-state index is 0.575. The zero-order chi connectivity index (χ0) is 8.39. The normalized spacial score (nSPS) is 17.9. The highest BCUT2D eigenvalue weighted by Gasteiger charge is 2.21. The molecule has 1 aromatic rings. The second-order valence-electron chi connectivity index (χ2n) is 3.16. The number of aromatic nitrogens is 1. The molecular formula is C9H10N2S. The fourth-order valence-corrected chi connectivity index (χ4v) is 2.49. The van der Waals surface area contributed by atoms with E-state index in [1.54, 1.807) is 5.51 Å². The van der Waals surface area contributed by atoms with Gasteiger partial charge in [0.05, 0.1) is 11.2 Å². The third-order valence-corrected chi connectivity index (χ3v) is 3.19. The molecule has 0 bridgehead atoms. The molecule has 1 fully saturated rings. The molecule has 0 atom stereocenters. The molecule has 0 N–H and O–H groups in total. The van der Waals surface area contributed by atoms with Crippen molar-refractivity contribution in [2.45, 2.75) is 31.6 Å². The van der Waals surface area contributed by atoms with Crippen LogP contribution in [0, 0.1) is 11.3 Å². The van der Waals surface area contributed by atoms with Crippen molar-refractivity contribution in [3.05, 3.63) is 16.1 Å². The van der Waals surface area contributed by atoms with Gasteiger partial charge >= 0.3 is 0 Å². The summed E-state index contributed by atoms with van der Waals surface area (Å²) in [5, 5.41) is 8.79. The Morgan fingerprint density at radius 2 is 2.25 bits per heavy atom. The fraction of sp³-hybridized carbons (Fsp3) is 0.556. The molecule has 0 radical (unpaired) electrons. The van der Waals surface area contributed by atoms with Crippen LogP contribution in [-0.2, 0) is 0 Å². The Hall–Kier alpha value is -0.880. The van der Waals surface area contributed by atoms with Gasteiger partial charge in [0, 0.05) is 5.92 Å². The lowest BCUT2D eigenvalue weighted by atomic mass is 10.0. The summed E-state index contributed by atoms with van der Waals surface area (Å²) < 4.78 is 0. The molecule has 0 unspecified atom stereocenters. The van der Waals surface area contributed by atoms with E-state index >= 15 is 0 Å². The van der Waals surface area contributed by atoms with E-state index in [1.165, 1.54) is 37.0 Å². The number of rotatable bonds is 1. The van der Waals surface area contributed by atoms with E-state index < -0.39 is 0 Å². The van der Waals surface area contributed by atoms with Crippen molar-refractivity contribution in [1.29, 1.82) is 5.26 Å². The van der Waals surface area contributed by atoms with Gasteiger partial charge in [-0.05, 0) is 12.8 Å². The molecule has 62 valence electrons. The number of nitrogens with zero attached hydrogens (tertiary/aromatic N) is 2. The number of thiazole rings is 1. The molecule has 0 aliphatic heterocycles. The molecular weight excluding hydrogens is 168 g/mol. The van der Waals surface area contributed by atoms with Crippen molar-refractivity contribution in [3.63, 3.8) is 0 Å². The second-order valence-corrected chi connectivity index (χ2v) is 4.01. The summed E-state index contributed by atoms with van der Waals surface area (Å²) in [6.07, 6.45) is 5.04. The lowest BCUT2D eigenvalue weighted by molar-refractivity contribution is 0.701. The summed E-state index contributed by atoms with van der Waals surface area (Å²) in [4.78, 5) is 5.09. The Bertz CT molecular complexity index is 305. The molecule has 0 aromatic carbocycles. The Labute approximate surface area is 75.9 Å². The Morgan fingerprint density at radius 3 is 2.92 bits per heavy atom. The van der Waals surface area contributed by atoms with E-state index in [-0.39, 0.29) is 0 Å². The van der Waals surface area contributed by atoms with E-state index in [1.807, 2.05) is 0 Å². The minimum atomic E-state index is 0.575. The van der Waals surface area contributed by atoms with Crippen molar-refractivity contribution in [2.75, 3.05) is 0 Å². The van der Waals surface area contributed by atoms with Gasteiger partial charge in [-0.25, -0.2) is 4.98 Å². The van der Waals surface area contributed by atoms with Gasteiger partial charge in [0.15, 0.2) is 0 Å². The van der Waals surface area contributed by atoms with Gasteiger partial charge in [-0.2, -0.15) is 5.26 Å². The lowest BCUT2D eigenvalue weighted by Crippen LogP contribution is -1.94. The predicted octanol–water partition coefficient (Wildman–Crippen LogP) is 2.67. The van der Waals surface area contributed by atoms with E-state index in [2.05, 4.69) is 11.1 Å². The first-order valence-corrected chi connectivity index (χ1v) is 5.13. The summed E-state index contributed by atoms with van der Waals surface area (Å²) in [5.41, 5.74) is 2.84. The van der Waals surface area contributed by atoms with E-state index in [0.29, 0.717) is 5.92 Å². The summed E-state index contributed by atoms with van der Waals surface area (Å²) in [6.45, 7) is 0. The molecule has 1 aromatic heterocycles. The van der Waals surface area contributed by atoms with Crippen LogP contribution in [0.25, 0.3) is 0 Å². The number of hydrogen-bond acceptors (Lipinski definition) is 3. The average molecular weight is 178 g/mol. The molecule has 2 nitrogen and oxygen atoms in total. The fourth-order valence-electron chi connectivity index (χ4n) is 1.83. The second kappa shape index (κ2) is 3.24. The monoisotopic (exact) mass is 178 g/mol. The zero-order valence-corrected chi connectivity index (χ0v) is 7.60. The molecule has 1 saturated carbocycles. The standard InChI is InChI=1S/C9H10N2S/c10-5-8-9(11-6-12-8)7-3-1-2-4-7/h6-7H,1-4H2. The van der Waals surface area contributed by atoms with Gasteiger partial charge in [0.25, 0.3) is 0 Å². The van der Waals surface area contributed by atoms with Crippen molar-refractivity contribution >= 4 is 11.3 Å². The largest absolute Gasteiger partial charge is 0.248 e. The summed E-state index contributed by atoms with van der Waals surface area (Å²) >= 11 is 1.46. The van der Waals surface area contributed by atoms with Crippen LogP contribution in [0.2, 0.25) is 0 Å². The van der Waals surface area contributed by atoms with Crippen molar-refractivity contribution in [2.24, 2.45) is 0 Å². The van der Waals surface area contributed by atoms with Crippen LogP contribution in [-0.4, -0.2) is 4.98 Å².